The Labute approximate surface area is 166 Å². The van der Waals surface area contributed by atoms with Crippen LogP contribution in [0.2, 0.25) is 0 Å². The molecular weight excluding hydrogens is 319 g/mol. The van der Waals surface area contributed by atoms with E-state index in [9.17, 15) is 8.76 Å². The molecule has 1 aromatic carbocycles. The molecule has 0 aromatic heterocycles. The Morgan fingerprint density at radius 2 is 1.35 bits per heavy atom. The molecule has 0 aliphatic rings. The zero-order chi connectivity index (χ0) is 16.0. The third kappa shape index (κ3) is 13.1. The maximum atomic E-state index is 10.4. The fourth-order valence-corrected chi connectivity index (χ4v) is 2.88. The Hall–Kier alpha value is 0.130. The van der Waals surface area contributed by atoms with E-state index in [1.165, 1.54) is 69.8 Å². The van der Waals surface area contributed by atoms with Crippen molar-refractivity contribution >= 4 is 11.4 Å². The van der Waals surface area contributed by atoms with E-state index in [1.54, 1.807) is 12.1 Å². The molecule has 1 unspecified atom stereocenters. The fraction of sp³-hybridized carbons (Fsp3) is 0.667. The van der Waals surface area contributed by atoms with E-state index in [4.69, 9.17) is 0 Å². The minimum absolute atomic E-state index is 0. The van der Waals surface area contributed by atoms with Gasteiger partial charge in [0.05, 0.1) is 0 Å². The van der Waals surface area contributed by atoms with Crippen molar-refractivity contribution in [3.05, 3.63) is 29.8 Å². The van der Waals surface area contributed by atoms with Crippen LogP contribution in [0.3, 0.4) is 0 Å². The van der Waals surface area contributed by atoms with Crippen molar-refractivity contribution in [2.75, 3.05) is 0 Å². The number of hydrogen-bond acceptors (Lipinski definition) is 3. The van der Waals surface area contributed by atoms with Crippen molar-refractivity contribution in [1.82, 2.24) is 0 Å². The minimum Gasteiger partial charge on any atom is -0.740 e. The van der Waals surface area contributed by atoms with Crippen LogP contribution in [0.15, 0.2) is 24.3 Å². The van der Waals surface area contributed by atoms with Gasteiger partial charge in [-0.3, -0.25) is 0 Å². The average molecular weight is 348 g/mol. The second-order valence-corrected chi connectivity index (χ2v) is 6.44. The van der Waals surface area contributed by atoms with Gasteiger partial charge >= 0.3 is 29.6 Å². The van der Waals surface area contributed by atoms with Gasteiger partial charge in [-0.25, -0.2) is 4.21 Å². The van der Waals surface area contributed by atoms with Gasteiger partial charge in [-0.05, 0) is 30.5 Å². The van der Waals surface area contributed by atoms with Gasteiger partial charge < -0.3 is 8.74 Å². The monoisotopic (exact) mass is 348 g/mol. The first-order valence-electron chi connectivity index (χ1n) is 8.59. The number of hydrogen-bond donors (Lipinski definition) is 0. The summed E-state index contributed by atoms with van der Waals surface area (Å²) in [4.78, 5) is 0. The van der Waals surface area contributed by atoms with Gasteiger partial charge in [0.15, 0.2) is 0 Å². The Bertz CT molecular complexity index is 409. The zero-order valence-electron chi connectivity index (χ0n) is 14.7. The molecule has 1 rings (SSSR count). The van der Waals surface area contributed by atoms with Gasteiger partial charge in [0.1, 0.15) is 17.1 Å². The normalized spacial score (nSPS) is 11.7. The topological polar surface area (TPSA) is 49.4 Å². The van der Waals surface area contributed by atoms with Crippen LogP contribution in [0, 0.1) is 0 Å². The average Bonchev–Trinajstić information content (AvgIpc) is 2.50. The van der Waals surface area contributed by atoms with Crippen LogP contribution >= 0.6 is 0 Å². The molecule has 3 nitrogen and oxygen atoms in total. The van der Waals surface area contributed by atoms with Crippen molar-refractivity contribution in [2.24, 2.45) is 0 Å². The molecule has 23 heavy (non-hydrogen) atoms. The van der Waals surface area contributed by atoms with Crippen LogP contribution in [0.4, 0.5) is 0 Å². The van der Waals surface area contributed by atoms with E-state index in [2.05, 4.69) is 11.1 Å². The van der Waals surface area contributed by atoms with Gasteiger partial charge in [0, 0.05) is 0 Å². The van der Waals surface area contributed by atoms with Crippen LogP contribution in [0.5, 0.6) is 5.75 Å². The Kier molecular flexibility index (Phi) is 15.7. The molecule has 1 atom stereocenters. The molecule has 0 spiro atoms. The van der Waals surface area contributed by atoms with Gasteiger partial charge in [-0.1, -0.05) is 76.8 Å². The van der Waals surface area contributed by atoms with E-state index < -0.39 is 11.4 Å². The number of aryl methyl sites for hydroxylation is 1. The molecule has 0 saturated carbocycles. The summed E-state index contributed by atoms with van der Waals surface area (Å²) < 4.78 is 25.4. The SMILES string of the molecule is CCCCCCCCCCCCc1ccc(OS(=O)[O-])cc1.[Na+]. The summed E-state index contributed by atoms with van der Waals surface area (Å²) >= 11 is -2.49. The second-order valence-electron chi connectivity index (χ2n) is 5.86. The molecule has 0 heterocycles. The van der Waals surface area contributed by atoms with Crippen molar-refractivity contribution in [3.63, 3.8) is 0 Å². The van der Waals surface area contributed by atoms with E-state index in [1.807, 2.05) is 12.1 Å². The number of rotatable bonds is 13. The second kappa shape index (κ2) is 15.6. The Morgan fingerprint density at radius 3 is 1.83 bits per heavy atom. The molecule has 0 aliphatic heterocycles. The van der Waals surface area contributed by atoms with Crippen LogP contribution < -0.4 is 33.7 Å². The van der Waals surface area contributed by atoms with Crippen molar-refractivity contribution in [2.45, 2.75) is 77.6 Å². The summed E-state index contributed by atoms with van der Waals surface area (Å²) in [6.45, 7) is 2.26. The molecule has 1 aromatic rings. The minimum atomic E-state index is -2.49. The first-order valence-corrected chi connectivity index (χ1v) is 9.59. The van der Waals surface area contributed by atoms with Crippen molar-refractivity contribution in [1.29, 1.82) is 0 Å². The third-order valence-electron chi connectivity index (χ3n) is 3.91. The quantitative estimate of drug-likeness (QED) is 0.312. The maximum Gasteiger partial charge on any atom is 1.00 e. The Balaban J connectivity index is 0.00000484. The maximum absolute atomic E-state index is 10.4. The summed E-state index contributed by atoms with van der Waals surface area (Å²) in [6.07, 6.45) is 14.5. The van der Waals surface area contributed by atoms with Gasteiger partial charge in [0.25, 0.3) is 0 Å². The molecule has 5 heteroatoms. The molecule has 0 bridgehead atoms. The summed E-state index contributed by atoms with van der Waals surface area (Å²) in [5.74, 6) is 0.375. The summed E-state index contributed by atoms with van der Waals surface area (Å²) in [6, 6.07) is 7.30. The van der Waals surface area contributed by atoms with Gasteiger partial charge in [-0.2, -0.15) is 0 Å². The Morgan fingerprint density at radius 1 is 0.870 bits per heavy atom. The molecule has 0 aliphatic carbocycles. The molecule has 0 amide bonds. The zero-order valence-corrected chi connectivity index (χ0v) is 17.5. The smallest absolute Gasteiger partial charge is 0.740 e. The summed E-state index contributed by atoms with van der Waals surface area (Å²) in [5, 5.41) is 0. The molecule has 126 valence electrons. The van der Waals surface area contributed by atoms with Crippen LogP contribution in [-0.2, 0) is 17.8 Å². The van der Waals surface area contributed by atoms with E-state index >= 15 is 0 Å². The molecule has 0 saturated heterocycles. The largest absolute Gasteiger partial charge is 1.00 e. The van der Waals surface area contributed by atoms with Gasteiger partial charge in [0.2, 0.25) is 0 Å². The molecule has 0 radical (unpaired) electrons. The predicted octanol–water partition coefficient (Wildman–Crippen LogP) is 2.33. The first-order chi connectivity index (χ1) is 10.7. The predicted molar refractivity (Wildman–Crippen MR) is 91.5 cm³/mol. The van der Waals surface area contributed by atoms with Crippen LogP contribution in [-0.4, -0.2) is 8.76 Å². The van der Waals surface area contributed by atoms with Crippen LogP contribution in [0.25, 0.3) is 0 Å². The van der Waals surface area contributed by atoms with E-state index in [0.717, 1.165) is 6.42 Å². The van der Waals surface area contributed by atoms with E-state index in [-0.39, 0.29) is 29.6 Å². The fourth-order valence-electron chi connectivity index (χ4n) is 2.61. The number of benzene rings is 1. The molecule has 0 fully saturated rings. The molecular formula is C18H29NaO3S. The van der Waals surface area contributed by atoms with Crippen molar-refractivity contribution < 1.29 is 42.5 Å². The van der Waals surface area contributed by atoms with Crippen LogP contribution in [0.1, 0.15) is 76.7 Å². The third-order valence-corrected chi connectivity index (χ3v) is 4.24. The van der Waals surface area contributed by atoms with Gasteiger partial charge in [-0.15, -0.1) is 0 Å². The number of unbranched alkanes of at least 4 members (excludes halogenated alkanes) is 9. The van der Waals surface area contributed by atoms with E-state index in [0.29, 0.717) is 5.75 Å². The first kappa shape index (κ1) is 23.1. The summed E-state index contributed by atoms with van der Waals surface area (Å²) in [7, 11) is 0. The molecule has 0 N–H and O–H groups in total. The summed E-state index contributed by atoms with van der Waals surface area (Å²) in [5.41, 5.74) is 1.24. The van der Waals surface area contributed by atoms with Crippen molar-refractivity contribution in [3.8, 4) is 5.75 Å². The standard InChI is InChI=1S/C18H30O3S.Na/c1-2-3-4-5-6-7-8-9-10-11-12-17-13-15-18(16-14-17)21-22(19)20;/h13-16H,2-12H2,1H3,(H,19,20);/q;+1/p-1.